The standard InChI is InChI=1S/C20H23N3O2S2/c1-20(2,3)18-22-19(26-23-18)21-17-11-7-10-16(12-17)14-27(24,25)13-15-8-5-4-6-9-15/h4-12H,13-14H2,1-3H3,(H,21,22,23). The molecule has 1 heterocycles. The second-order valence-electron chi connectivity index (χ2n) is 7.52. The van der Waals surface area contributed by atoms with Gasteiger partial charge in [0.25, 0.3) is 0 Å². The number of hydrogen-bond donors (Lipinski definition) is 1. The lowest BCUT2D eigenvalue weighted by atomic mass is 9.96. The molecule has 0 radical (unpaired) electrons. The first kappa shape index (κ1) is 19.5. The molecule has 3 rings (SSSR count). The molecule has 0 saturated heterocycles. The lowest BCUT2D eigenvalue weighted by Gasteiger charge is -2.12. The Morgan fingerprint density at radius 3 is 2.30 bits per heavy atom. The van der Waals surface area contributed by atoms with Crippen LogP contribution in [0.15, 0.2) is 54.6 Å². The molecule has 0 fully saturated rings. The number of sulfone groups is 1. The highest BCUT2D eigenvalue weighted by Gasteiger charge is 2.19. The highest BCUT2D eigenvalue weighted by atomic mass is 32.2. The Balaban J connectivity index is 1.71. The van der Waals surface area contributed by atoms with Gasteiger partial charge in [0.05, 0.1) is 11.5 Å². The lowest BCUT2D eigenvalue weighted by Crippen LogP contribution is -2.13. The third kappa shape index (κ3) is 5.61. The maximum Gasteiger partial charge on any atom is 0.207 e. The number of anilines is 2. The fourth-order valence-corrected chi connectivity index (χ4v) is 4.84. The molecule has 7 heteroatoms. The summed E-state index contributed by atoms with van der Waals surface area (Å²) in [4.78, 5) is 4.51. The summed E-state index contributed by atoms with van der Waals surface area (Å²) < 4.78 is 29.4. The third-order valence-electron chi connectivity index (χ3n) is 3.89. The van der Waals surface area contributed by atoms with Crippen molar-refractivity contribution in [1.29, 1.82) is 0 Å². The van der Waals surface area contributed by atoms with E-state index in [4.69, 9.17) is 0 Å². The zero-order chi connectivity index (χ0) is 19.5. The van der Waals surface area contributed by atoms with E-state index in [-0.39, 0.29) is 16.9 Å². The molecule has 3 aromatic rings. The Bertz CT molecular complexity index is 1010. The number of rotatable bonds is 6. The van der Waals surface area contributed by atoms with E-state index < -0.39 is 9.84 Å². The van der Waals surface area contributed by atoms with Gasteiger partial charge in [-0.3, -0.25) is 0 Å². The van der Waals surface area contributed by atoms with Crippen molar-refractivity contribution >= 4 is 32.2 Å². The summed E-state index contributed by atoms with van der Waals surface area (Å²) in [6, 6.07) is 16.7. The van der Waals surface area contributed by atoms with Gasteiger partial charge in [-0.25, -0.2) is 13.4 Å². The normalized spacial score (nSPS) is 12.1. The fraction of sp³-hybridized carbons (Fsp3) is 0.300. The summed E-state index contributed by atoms with van der Waals surface area (Å²) in [5.41, 5.74) is 2.25. The van der Waals surface area contributed by atoms with Crippen LogP contribution in [0.3, 0.4) is 0 Å². The van der Waals surface area contributed by atoms with E-state index in [1.54, 1.807) is 0 Å². The molecule has 27 heavy (non-hydrogen) atoms. The first-order valence-electron chi connectivity index (χ1n) is 8.66. The van der Waals surface area contributed by atoms with Crippen LogP contribution in [-0.2, 0) is 26.8 Å². The summed E-state index contributed by atoms with van der Waals surface area (Å²) in [5.74, 6) is 0.828. The molecule has 0 atom stereocenters. The monoisotopic (exact) mass is 401 g/mol. The van der Waals surface area contributed by atoms with Crippen molar-refractivity contribution in [3.05, 3.63) is 71.5 Å². The Labute approximate surface area is 164 Å². The summed E-state index contributed by atoms with van der Waals surface area (Å²) >= 11 is 1.30. The van der Waals surface area contributed by atoms with Gasteiger partial charge in [-0.15, -0.1) is 0 Å². The molecule has 0 aliphatic rings. The van der Waals surface area contributed by atoms with Crippen LogP contribution in [0.5, 0.6) is 0 Å². The van der Waals surface area contributed by atoms with Gasteiger partial charge in [0, 0.05) is 22.6 Å². The largest absolute Gasteiger partial charge is 0.330 e. The van der Waals surface area contributed by atoms with Crippen LogP contribution in [0.2, 0.25) is 0 Å². The van der Waals surface area contributed by atoms with Crippen molar-refractivity contribution in [1.82, 2.24) is 9.36 Å². The molecule has 1 N–H and O–H groups in total. The number of hydrogen-bond acceptors (Lipinski definition) is 6. The first-order valence-corrected chi connectivity index (χ1v) is 11.3. The molecule has 0 unspecified atom stereocenters. The number of nitrogens with zero attached hydrogens (tertiary/aromatic N) is 2. The molecule has 0 amide bonds. The molecular formula is C20H23N3O2S2. The van der Waals surface area contributed by atoms with Crippen LogP contribution in [0.1, 0.15) is 37.7 Å². The predicted molar refractivity (Wildman–Crippen MR) is 111 cm³/mol. The van der Waals surface area contributed by atoms with Crippen LogP contribution in [0, 0.1) is 0 Å². The van der Waals surface area contributed by atoms with Gasteiger partial charge in [-0.05, 0) is 23.3 Å². The molecule has 0 spiro atoms. The van der Waals surface area contributed by atoms with E-state index in [0.717, 1.165) is 22.6 Å². The number of benzene rings is 2. The number of aromatic nitrogens is 2. The van der Waals surface area contributed by atoms with Crippen LogP contribution in [0.25, 0.3) is 0 Å². The molecule has 0 bridgehead atoms. The minimum absolute atomic E-state index is 0.000768. The van der Waals surface area contributed by atoms with Crippen molar-refractivity contribution < 1.29 is 8.42 Å². The molecule has 2 aromatic carbocycles. The zero-order valence-electron chi connectivity index (χ0n) is 15.6. The van der Waals surface area contributed by atoms with Crippen molar-refractivity contribution in [2.24, 2.45) is 0 Å². The van der Waals surface area contributed by atoms with Gasteiger partial charge in [0.1, 0.15) is 5.82 Å². The zero-order valence-corrected chi connectivity index (χ0v) is 17.3. The van der Waals surface area contributed by atoms with Crippen molar-refractivity contribution in [3.8, 4) is 0 Å². The molecule has 0 aliphatic carbocycles. The van der Waals surface area contributed by atoms with E-state index in [0.29, 0.717) is 5.13 Å². The van der Waals surface area contributed by atoms with Crippen LogP contribution >= 0.6 is 11.5 Å². The Hall–Kier alpha value is -2.25. The molecule has 0 saturated carbocycles. The predicted octanol–water partition coefficient (Wildman–Crippen LogP) is 4.69. The quantitative estimate of drug-likeness (QED) is 0.648. The van der Waals surface area contributed by atoms with Gasteiger partial charge in [-0.2, -0.15) is 4.37 Å². The second-order valence-corrected chi connectivity index (χ2v) is 10.3. The Kier molecular flexibility index (Phi) is 5.62. The van der Waals surface area contributed by atoms with Crippen molar-refractivity contribution in [2.75, 3.05) is 5.32 Å². The first-order chi connectivity index (χ1) is 12.7. The average molecular weight is 402 g/mol. The van der Waals surface area contributed by atoms with Crippen LogP contribution < -0.4 is 5.32 Å². The maximum absolute atomic E-state index is 12.5. The smallest absolute Gasteiger partial charge is 0.207 e. The SMILES string of the molecule is CC(C)(C)c1nsc(Nc2cccc(CS(=O)(=O)Cc3ccccc3)c2)n1. The van der Waals surface area contributed by atoms with E-state index in [2.05, 4.69) is 35.4 Å². The summed E-state index contributed by atoms with van der Waals surface area (Å²) in [5, 5.41) is 3.92. The Morgan fingerprint density at radius 1 is 0.963 bits per heavy atom. The molecule has 0 aliphatic heterocycles. The highest BCUT2D eigenvalue weighted by Crippen LogP contribution is 2.26. The van der Waals surface area contributed by atoms with E-state index >= 15 is 0 Å². The second kappa shape index (κ2) is 7.78. The van der Waals surface area contributed by atoms with Crippen LogP contribution in [-0.4, -0.2) is 17.8 Å². The average Bonchev–Trinajstić information content (AvgIpc) is 3.04. The van der Waals surface area contributed by atoms with Crippen LogP contribution in [0.4, 0.5) is 10.8 Å². The fourth-order valence-electron chi connectivity index (χ4n) is 2.57. The van der Waals surface area contributed by atoms with Crippen molar-refractivity contribution in [3.63, 3.8) is 0 Å². The minimum atomic E-state index is -3.25. The molecule has 142 valence electrons. The highest BCUT2D eigenvalue weighted by molar-refractivity contribution is 7.89. The van der Waals surface area contributed by atoms with Gasteiger partial charge < -0.3 is 5.32 Å². The van der Waals surface area contributed by atoms with E-state index in [9.17, 15) is 8.42 Å². The van der Waals surface area contributed by atoms with Gasteiger partial charge in [0.2, 0.25) is 5.13 Å². The third-order valence-corrected chi connectivity index (χ3v) is 6.07. The lowest BCUT2D eigenvalue weighted by molar-refractivity contribution is 0.555. The van der Waals surface area contributed by atoms with Gasteiger partial charge >= 0.3 is 0 Å². The number of nitrogens with one attached hydrogen (secondary N) is 1. The minimum Gasteiger partial charge on any atom is -0.330 e. The maximum atomic E-state index is 12.5. The van der Waals surface area contributed by atoms with Gasteiger partial charge in [0.15, 0.2) is 9.84 Å². The molecular weight excluding hydrogens is 378 g/mol. The van der Waals surface area contributed by atoms with E-state index in [1.165, 1.54) is 11.5 Å². The summed E-state index contributed by atoms with van der Waals surface area (Å²) in [7, 11) is -3.25. The topological polar surface area (TPSA) is 72.0 Å². The molecule has 5 nitrogen and oxygen atoms in total. The van der Waals surface area contributed by atoms with E-state index in [1.807, 2.05) is 54.6 Å². The summed E-state index contributed by atoms with van der Waals surface area (Å²) in [6.45, 7) is 6.20. The molecule has 1 aromatic heterocycles. The van der Waals surface area contributed by atoms with Gasteiger partial charge in [-0.1, -0.05) is 63.2 Å². The van der Waals surface area contributed by atoms with Crippen molar-refractivity contribution in [2.45, 2.75) is 37.7 Å². The Morgan fingerprint density at radius 2 is 1.63 bits per heavy atom. The summed E-state index contributed by atoms with van der Waals surface area (Å²) in [6.07, 6.45) is 0.